The summed E-state index contributed by atoms with van der Waals surface area (Å²) in [7, 11) is 0. The number of aromatic nitrogens is 2. The Morgan fingerprint density at radius 2 is 2.35 bits per heavy atom. The van der Waals surface area contributed by atoms with Crippen molar-refractivity contribution in [3.63, 3.8) is 0 Å². The largest absolute Gasteiger partial charge is 0.355 e. The van der Waals surface area contributed by atoms with Crippen molar-refractivity contribution >= 4 is 33.3 Å². The molecule has 0 spiro atoms. The van der Waals surface area contributed by atoms with Crippen molar-refractivity contribution < 1.29 is 4.79 Å². The lowest BCUT2D eigenvalue weighted by atomic mass is 9.96. The molecule has 23 heavy (non-hydrogen) atoms. The Morgan fingerprint density at radius 3 is 3.22 bits per heavy atom. The van der Waals surface area contributed by atoms with Crippen LogP contribution in [0.4, 0.5) is 5.82 Å². The molecule has 2 unspecified atom stereocenters. The highest BCUT2D eigenvalue weighted by atomic mass is 32.1. The lowest BCUT2D eigenvalue weighted by Crippen LogP contribution is -2.46. The van der Waals surface area contributed by atoms with Crippen molar-refractivity contribution in [3.05, 3.63) is 17.8 Å². The van der Waals surface area contributed by atoms with Crippen molar-refractivity contribution in [2.24, 2.45) is 5.92 Å². The number of hydrogen-bond donors (Lipinski definition) is 2. The molecule has 7 heteroatoms. The third kappa shape index (κ3) is 3.03. The second kappa shape index (κ2) is 6.41. The van der Waals surface area contributed by atoms with Crippen LogP contribution in [0, 0.1) is 5.92 Å². The molecular formula is C16H21N5OS. The Kier molecular flexibility index (Phi) is 4.13. The summed E-state index contributed by atoms with van der Waals surface area (Å²) in [4.78, 5) is 24.6. The molecule has 2 N–H and O–H groups in total. The van der Waals surface area contributed by atoms with Crippen LogP contribution in [0.2, 0.25) is 0 Å². The van der Waals surface area contributed by atoms with Crippen LogP contribution in [0.3, 0.4) is 0 Å². The minimum absolute atomic E-state index is 0.0491. The molecule has 2 fully saturated rings. The minimum Gasteiger partial charge on any atom is -0.355 e. The number of nitrogens with one attached hydrogen (secondary N) is 2. The number of fused-ring (bicyclic) bond motifs is 1. The van der Waals surface area contributed by atoms with E-state index in [0.717, 1.165) is 61.5 Å². The van der Waals surface area contributed by atoms with Gasteiger partial charge in [-0.15, -0.1) is 11.3 Å². The van der Waals surface area contributed by atoms with Crippen molar-refractivity contribution in [1.82, 2.24) is 20.6 Å². The fraction of sp³-hybridized carbons (Fsp3) is 0.562. The van der Waals surface area contributed by atoms with Gasteiger partial charge in [-0.25, -0.2) is 9.97 Å². The van der Waals surface area contributed by atoms with Gasteiger partial charge in [0.25, 0.3) is 0 Å². The molecule has 2 aromatic rings. The minimum atomic E-state index is 0.0491. The molecule has 0 aromatic carbocycles. The van der Waals surface area contributed by atoms with E-state index in [1.54, 1.807) is 17.7 Å². The topological polar surface area (TPSA) is 70.2 Å². The zero-order valence-electron chi connectivity index (χ0n) is 13.0. The molecule has 0 radical (unpaired) electrons. The second-order valence-electron chi connectivity index (χ2n) is 6.32. The first-order chi connectivity index (χ1) is 11.3. The zero-order valence-corrected chi connectivity index (χ0v) is 13.8. The Labute approximate surface area is 139 Å². The molecule has 0 bridgehead atoms. The number of thiophene rings is 1. The van der Waals surface area contributed by atoms with Crippen molar-refractivity contribution in [1.29, 1.82) is 0 Å². The fourth-order valence-corrected chi connectivity index (χ4v) is 4.24. The molecule has 0 saturated carbocycles. The van der Waals surface area contributed by atoms with E-state index < -0.39 is 0 Å². The van der Waals surface area contributed by atoms with Gasteiger partial charge in [0, 0.05) is 25.7 Å². The maximum atomic E-state index is 12.5. The van der Waals surface area contributed by atoms with Gasteiger partial charge in [0.15, 0.2) is 0 Å². The van der Waals surface area contributed by atoms with Gasteiger partial charge in [0.2, 0.25) is 5.91 Å². The molecule has 4 heterocycles. The van der Waals surface area contributed by atoms with Crippen molar-refractivity contribution in [3.8, 4) is 0 Å². The first kappa shape index (κ1) is 14.8. The van der Waals surface area contributed by atoms with E-state index >= 15 is 0 Å². The predicted octanol–water partition coefficient (Wildman–Crippen LogP) is 1.39. The third-order valence-electron chi connectivity index (χ3n) is 4.74. The highest BCUT2D eigenvalue weighted by Gasteiger charge is 2.29. The van der Waals surface area contributed by atoms with Crippen LogP contribution in [0.5, 0.6) is 0 Å². The fourth-order valence-electron chi connectivity index (χ4n) is 3.51. The molecule has 4 rings (SSSR count). The number of hydrogen-bond acceptors (Lipinski definition) is 6. The van der Waals surface area contributed by atoms with Crippen LogP contribution in [-0.2, 0) is 4.79 Å². The van der Waals surface area contributed by atoms with Crippen molar-refractivity contribution in [2.45, 2.75) is 25.3 Å². The summed E-state index contributed by atoms with van der Waals surface area (Å²) >= 11 is 1.63. The van der Waals surface area contributed by atoms with E-state index in [4.69, 9.17) is 0 Å². The van der Waals surface area contributed by atoms with Gasteiger partial charge >= 0.3 is 0 Å². The summed E-state index contributed by atoms with van der Waals surface area (Å²) in [6, 6.07) is 2.36. The number of carbonyl (C=O) groups excluding carboxylic acids is 1. The van der Waals surface area contributed by atoms with E-state index in [9.17, 15) is 4.79 Å². The summed E-state index contributed by atoms with van der Waals surface area (Å²) in [5.74, 6) is 1.21. The summed E-state index contributed by atoms with van der Waals surface area (Å²) in [6.45, 7) is 3.59. The summed E-state index contributed by atoms with van der Waals surface area (Å²) in [5.41, 5.74) is 0. The lowest BCUT2D eigenvalue weighted by molar-refractivity contribution is -0.125. The van der Waals surface area contributed by atoms with E-state index in [1.165, 1.54) is 0 Å². The molecule has 2 aliphatic heterocycles. The molecule has 2 atom stereocenters. The van der Waals surface area contributed by atoms with E-state index in [-0.39, 0.29) is 11.8 Å². The molecule has 2 aliphatic rings. The van der Waals surface area contributed by atoms with Gasteiger partial charge in [0.1, 0.15) is 17.0 Å². The number of nitrogens with zero attached hydrogens (tertiary/aromatic N) is 3. The monoisotopic (exact) mass is 331 g/mol. The Morgan fingerprint density at radius 1 is 1.39 bits per heavy atom. The van der Waals surface area contributed by atoms with Crippen LogP contribution in [0.1, 0.15) is 19.3 Å². The average molecular weight is 331 g/mol. The first-order valence-electron chi connectivity index (χ1n) is 8.25. The summed E-state index contributed by atoms with van der Waals surface area (Å²) in [6.07, 6.45) is 4.64. The normalized spacial score (nSPS) is 25.0. The number of piperidine rings is 1. The number of amides is 1. The van der Waals surface area contributed by atoms with Gasteiger partial charge in [-0.05, 0) is 37.3 Å². The van der Waals surface area contributed by atoms with Crippen molar-refractivity contribution in [2.75, 3.05) is 31.1 Å². The highest BCUT2D eigenvalue weighted by Crippen LogP contribution is 2.29. The van der Waals surface area contributed by atoms with Crippen LogP contribution in [-0.4, -0.2) is 48.1 Å². The average Bonchev–Trinajstić information content (AvgIpc) is 3.25. The van der Waals surface area contributed by atoms with E-state index in [2.05, 4.69) is 31.6 Å². The number of anilines is 1. The summed E-state index contributed by atoms with van der Waals surface area (Å²) < 4.78 is 0. The number of rotatable bonds is 3. The Hall–Kier alpha value is -1.73. The van der Waals surface area contributed by atoms with Gasteiger partial charge in [-0.2, -0.15) is 0 Å². The Bertz CT molecular complexity index is 697. The Balaban J connectivity index is 1.48. The molecule has 2 saturated heterocycles. The van der Waals surface area contributed by atoms with Crippen LogP contribution in [0.15, 0.2) is 17.8 Å². The van der Waals surface area contributed by atoms with E-state index in [1.807, 2.05) is 5.38 Å². The smallest absolute Gasteiger partial charge is 0.225 e. The molecule has 2 aromatic heterocycles. The van der Waals surface area contributed by atoms with Gasteiger partial charge in [-0.1, -0.05) is 0 Å². The van der Waals surface area contributed by atoms with Gasteiger partial charge in [-0.3, -0.25) is 4.79 Å². The molecular weight excluding hydrogens is 310 g/mol. The maximum Gasteiger partial charge on any atom is 0.225 e. The lowest BCUT2D eigenvalue weighted by Gasteiger charge is -2.33. The summed E-state index contributed by atoms with van der Waals surface area (Å²) in [5, 5.41) is 9.63. The molecule has 6 nitrogen and oxygen atoms in total. The van der Waals surface area contributed by atoms with Crippen LogP contribution >= 0.6 is 11.3 Å². The van der Waals surface area contributed by atoms with E-state index in [0.29, 0.717) is 6.04 Å². The third-order valence-corrected chi connectivity index (χ3v) is 5.56. The van der Waals surface area contributed by atoms with Gasteiger partial charge < -0.3 is 15.5 Å². The first-order valence-corrected chi connectivity index (χ1v) is 9.13. The second-order valence-corrected chi connectivity index (χ2v) is 7.21. The van der Waals surface area contributed by atoms with Crippen LogP contribution < -0.4 is 15.5 Å². The quantitative estimate of drug-likeness (QED) is 0.889. The zero-order chi connectivity index (χ0) is 15.6. The SMILES string of the molecule is O=C(NC1CCNC1)C1CCCN(c2ncnc3sccc23)C1. The molecule has 122 valence electrons. The standard InChI is InChI=1S/C16H21N5OS/c22-15(20-12-3-5-17-8-12)11-2-1-6-21(9-11)14-13-4-7-23-16(13)19-10-18-14/h4,7,10-12,17H,1-3,5-6,8-9H2,(H,20,22). The van der Waals surface area contributed by atoms with Crippen LogP contribution in [0.25, 0.3) is 10.2 Å². The molecule has 0 aliphatic carbocycles. The predicted molar refractivity (Wildman–Crippen MR) is 91.8 cm³/mol. The highest BCUT2D eigenvalue weighted by molar-refractivity contribution is 7.16. The molecule has 1 amide bonds. The number of carbonyl (C=O) groups is 1. The van der Waals surface area contributed by atoms with Gasteiger partial charge in [0.05, 0.1) is 11.3 Å². The maximum absolute atomic E-state index is 12.5.